The van der Waals surface area contributed by atoms with Crippen LogP contribution in [0, 0.1) is 5.92 Å². The highest BCUT2D eigenvalue weighted by Crippen LogP contribution is 2.43. The Kier molecular flexibility index (Phi) is 3.95. The molecule has 1 aliphatic carbocycles. The topological polar surface area (TPSA) is 69.6 Å². The summed E-state index contributed by atoms with van der Waals surface area (Å²) >= 11 is 0. The fraction of sp³-hybridized carbons (Fsp3) is 0.368. The molecule has 1 N–H and O–H groups in total. The van der Waals surface area contributed by atoms with Crippen LogP contribution in [0.25, 0.3) is 0 Å². The van der Waals surface area contributed by atoms with Crippen molar-refractivity contribution in [1.29, 1.82) is 0 Å². The third-order valence-electron chi connectivity index (χ3n) is 4.67. The number of nitrogens with zero attached hydrogens (tertiary/aromatic N) is 1. The molecular formula is C19H20N2O4. The first-order valence-corrected chi connectivity index (χ1v) is 8.49. The zero-order chi connectivity index (χ0) is 17.4. The third-order valence-corrected chi connectivity index (χ3v) is 4.67. The highest BCUT2D eigenvalue weighted by atomic mass is 16.6. The van der Waals surface area contributed by atoms with Crippen LogP contribution in [0.1, 0.15) is 34.8 Å². The minimum atomic E-state index is -0.232. The zero-order valence-corrected chi connectivity index (χ0v) is 14.0. The number of aromatic nitrogens is 1. The molecule has 1 amide bonds. The minimum Gasteiger partial charge on any atom is -0.486 e. The van der Waals surface area contributed by atoms with Crippen LogP contribution in [0.4, 0.5) is 0 Å². The van der Waals surface area contributed by atoms with Crippen LogP contribution in [-0.2, 0) is 7.05 Å². The van der Waals surface area contributed by atoms with Gasteiger partial charge in [0.25, 0.3) is 11.5 Å². The molecule has 1 fully saturated rings. The Hall–Kier alpha value is -2.76. The Morgan fingerprint density at radius 3 is 2.64 bits per heavy atom. The van der Waals surface area contributed by atoms with Crippen molar-refractivity contribution in [3.8, 4) is 11.5 Å². The van der Waals surface area contributed by atoms with Crippen LogP contribution in [0.3, 0.4) is 0 Å². The molecule has 6 nitrogen and oxygen atoms in total. The molecule has 1 saturated carbocycles. The summed E-state index contributed by atoms with van der Waals surface area (Å²) < 4.78 is 12.7. The highest BCUT2D eigenvalue weighted by Gasteiger charge is 2.34. The Bertz CT molecular complexity index is 870. The van der Waals surface area contributed by atoms with E-state index in [1.165, 1.54) is 10.6 Å². The van der Waals surface area contributed by atoms with Gasteiger partial charge in [0.05, 0.1) is 6.04 Å². The van der Waals surface area contributed by atoms with Crippen molar-refractivity contribution in [2.75, 3.05) is 13.2 Å². The van der Waals surface area contributed by atoms with Gasteiger partial charge in [0.15, 0.2) is 11.5 Å². The van der Waals surface area contributed by atoms with Gasteiger partial charge in [-0.05, 0) is 42.5 Å². The standard InChI is InChI=1S/C19H20N2O4/c1-21-7-6-14(11-17(21)22)19(23)20-18(12-2-3-12)13-4-5-15-16(10-13)25-9-8-24-15/h4-7,10-12,18H,2-3,8-9H2,1H3,(H,20,23)/t18-/m1/s1. The molecule has 1 atom stereocenters. The van der Waals surface area contributed by atoms with E-state index < -0.39 is 0 Å². The molecule has 130 valence electrons. The maximum absolute atomic E-state index is 12.6. The summed E-state index contributed by atoms with van der Waals surface area (Å²) in [5.74, 6) is 1.64. The first kappa shape index (κ1) is 15.7. The van der Waals surface area contributed by atoms with E-state index in [-0.39, 0.29) is 17.5 Å². The van der Waals surface area contributed by atoms with E-state index in [2.05, 4.69) is 5.32 Å². The van der Waals surface area contributed by atoms with Crippen molar-refractivity contribution in [3.63, 3.8) is 0 Å². The molecular weight excluding hydrogens is 320 g/mol. The van der Waals surface area contributed by atoms with E-state index in [1.807, 2.05) is 18.2 Å². The van der Waals surface area contributed by atoms with Crippen LogP contribution < -0.4 is 20.3 Å². The number of hydrogen-bond acceptors (Lipinski definition) is 4. The largest absolute Gasteiger partial charge is 0.486 e. The third kappa shape index (κ3) is 3.24. The lowest BCUT2D eigenvalue weighted by atomic mass is 10.0. The van der Waals surface area contributed by atoms with Crippen LogP contribution in [0.2, 0.25) is 0 Å². The van der Waals surface area contributed by atoms with Crippen molar-refractivity contribution < 1.29 is 14.3 Å². The van der Waals surface area contributed by atoms with E-state index in [4.69, 9.17) is 9.47 Å². The van der Waals surface area contributed by atoms with E-state index in [1.54, 1.807) is 19.3 Å². The molecule has 1 aromatic heterocycles. The van der Waals surface area contributed by atoms with Gasteiger partial charge in [0.1, 0.15) is 13.2 Å². The average molecular weight is 340 g/mol. The molecule has 4 rings (SSSR count). The van der Waals surface area contributed by atoms with Gasteiger partial charge in [-0.3, -0.25) is 9.59 Å². The van der Waals surface area contributed by atoms with E-state index in [0.29, 0.717) is 24.7 Å². The number of nitrogens with one attached hydrogen (secondary N) is 1. The van der Waals surface area contributed by atoms with Crippen LogP contribution in [0.5, 0.6) is 11.5 Å². The lowest BCUT2D eigenvalue weighted by Crippen LogP contribution is -2.31. The molecule has 0 saturated heterocycles. The maximum atomic E-state index is 12.6. The molecule has 0 bridgehead atoms. The van der Waals surface area contributed by atoms with Crippen LogP contribution >= 0.6 is 0 Å². The normalized spacial score (nSPS) is 17.0. The Labute approximate surface area is 145 Å². The first-order valence-electron chi connectivity index (χ1n) is 8.49. The van der Waals surface area contributed by atoms with Gasteiger partial charge in [-0.2, -0.15) is 0 Å². The molecule has 0 unspecified atom stereocenters. The predicted octanol–water partition coefficient (Wildman–Crippen LogP) is 2.04. The van der Waals surface area contributed by atoms with Crippen molar-refractivity contribution >= 4 is 5.91 Å². The maximum Gasteiger partial charge on any atom is 0.252 e. The summed E-state index contributed by atoms with van der Waals surface area (Å²) in [6.07, 6.45) is 3.76. The number of carbonyl (C=O) groups is 1. The van der Waals surface area contributed by atoms with Crippen molar-refractivity contribution in [1.82, 2.24) is 9.88 Å². The number of carbonyl (C=O) groups excluding carboxylic acids is 1. The summed E-state index contributed by atoms with van der Waals surface area (Å²) in [5, 5.41) is 3.08. The smallest absolute Gasteiger partial charge is 0.252 e. The number of ether oxygens (including phenoxy) is 2. The van der Waals surface area contributed by atoms with Gasteiger partial charge in [0.2, 0.25) is 0 Å². The van der Waals surface area contributed by atoms with Gasteiger partial charge in [-0.15, -0.1) is 0 Å². The quantitative estimate of drug-likeness (QED) is 0.925. The van der Waals surface area contributed by atoms with Crippen LogP contribution in [-0.4, -0.2) is 23.7 Å². The van der Waals surface area contributed by atoms with Crippen molar-refractivity contribution in [2.45, 2.75) is 18.9 Å². The number of rotatable bonds is 4. The van der Waals surface area contributed by atoms with E-state index in [9.17, 15) is 9.59 Å². The summed E-state index contributed by atoms with van der Waals surface area (Å²) in [7, 11) is 1.66. The summed E-state index contributed by atoms with van der Waals surface area (Å²) in [5.41, 5.74) is 1.19. The summed E-state index contributed by atoms with van der Waals surface area (Å²) in [6, 6.07) is 8.74. The van der Waals surface area contributed by atoms with E-state index in [0.717, 1.165) is 29.9 Å². The molecule has 25 heavy (non-hydrogen) atoms. The second kappa shape index (κ2) is 6.27. The van der Waals surface area contributed by atoms with Crippen molar-refractivity contribution in [2.24, 2.45) is 13.0 Å². The number of amides is 1. The van der Waals surface area contributed by atoms with Gasteiger partial charge in [0, 0.05) is 24.9 Å². The zero-order valence-electron chi connectivity index (χ0n) is 14.0. The monoisotopic (exact) mass is 340 g/mol. The highest BCUT2D eigenvalue weighted by molar-refractivity contribution is 5.94. The van der Waals surface area contributed by atoms with Gasteiger partial charge in [-0.1, -0.05) is 6.07 Å². The molecule has 0 radical (unpaired) electrons. The second-order valence-corrected chi connectivity index (χ2v) is 6.56. The number of hydrogen-bond donors (Lipinski definition) is 1. The summed E-state index contributed by atoms with van der Waals surface area (Å²) in [4.78, 5) is 24.4. The number of aryl methyl sites for hydroxylation is 1. The molecule has 2 aliphatic rings. The van der Waals surface area contributed by atoms with Crippen molar-refractivity contribution in [3.05, 3.63) is 58.0 Å². The SMILES string of the molecule is Cn1ccc(C(=O)N[C@@H](c2ccc3c(c2)OCCO3)C2CC2)cc1=O. The van der Waals surface area contributed by atoms with E-state index >= 15 is 0 Å². The molecule has 1 aliphatic heterocycles. The Balaban J connectivity index is 1.58. The average Bonchev–Trinajstić information content (AvgIpc) is 3.46. The molecule has 6 heteroatoms. The fourth-order valence-electron chi connectivity index (χ4n) is 3.07. The summed E-state index contributed by atoms with van der Waals surface area (Å²) in [6.45, 7) is 1.09. The number of benzene rings is 1. The minimum absolute atomic E-state index is 0.0904. The predicted molar refractivity (Wildman–Crippen MR) is 92.0 cm³/mol. The Morgan fingerprint density at radius 1 is 1.16 bits per heavy atom. The molecule has 1 aromatic carbocycles. The second-order valence-electron chi connectivity index (χ2n) is 6.56. The molecule has 2 aromatic rings. The Morgan fingerprint density at radius 2 is 1.92 bits per heavy atom. The first-order chi connectivity index (χ1) is 12.1. The number of fused-ring (bicyclic) bond motifs is 1. The molecule has 0 spiro atoms. The lowest BCUT2D eigenvalue weighted by molar-refractivity contribution is 0.0931. The number of pyridine rings is 1. The van der Waals surface area contributed by atoms with Gasteiger partial charge >= 0.3 is 0 Å². The van der Waals surface area contributed by atoms with Crippen LogP contribution in [0.15, 0.2) is 41.3 Å². The lowest BCUT2D eigenvalue weighted by Gasteiger charge is -2.23. The van der Waals surface area contributed by atoms with Gasteiger partial charge < -0.3 is 19.4 Å². The fourth-order valence-corrected chi connectivity index (χ4v) is 3.07. The molecule has 2 heterocycles. The van der Waals surface area contributed by atoms with Gasteiger partial charge in [-0.25, -0.2) is 0 Å².